The number of unbranched alkanes of at least 4 members (excludes halogenated alkanes) is 1. The van der Waals surface area contributed by atoms with Crippen LogP contribution in [-0.2, 0) is 0 Å². The van der Waals surface area contributed by atoms with Crippen molar-refractivity contribution >= 4 is 0 Å². The second-order valence-corrected chi connectivity index (χ2v) is 3.83. The van der Waals surface area contributed by atoms with E-state index in [1.54, 1.807) is 0 Å². The highest BCUT2D eigenvalue weighted by Gasteiger charge is 2.15. The van der Waals surface area contributed by atoms with Crippen LogP contribution in [0.25, 0.3) is 0 Å². The van der Waals surface area contributed by atoms with E-state index in [0.29, 0.717) is 0 Å². The van der Waals surface area contributed by atoms with Gasteiger partial charge in [0.05, 0.1) is 6.67 Å². The molecule has 0 bridgehead atoms. The Labute approximate surface area is 69.4 Å². The van der Waals surface area contributed by atoms with Crippen LogP contribution in [0.4, 0.5) is 4.39 Å². The van der Waals surface area contributed by atoms with Crippen molar-refractivity contribution in [2.45, 2.75) is 33.6 Å². The van der Waals surface area contributed by atoms with E-state index in [-0.39, 0.29) is 12.1 Å². The summed E-state index contributed by atoms with van der Waals surface area (Å²) in [4.78, 5) is 0. The predicted molar refractivity (Wildman–Crippen MR) is 47.5 cm³/mol. The SMILES string of the molecule is CCCCNCC(C)(C)CF. The van der Waals surface area contributed by atoms with E-state index in [2.05, 4.69) is 12.2 Å². The maximum Gasteiger partial charge on any atom is 0.0957 e. The van der Waals surface area contributed by atoms with Crippen molar-refractivity contribution in [3.8, 4) is 0 Å². The highest BCUT2D eigenvalue weighted by Crippen LogP contribution is 2.13. The van der Waals surface area contributed by atoms with Gasteiger partial charge in [0.2, 0.25) is 0 Å². The maximum absolute atomic E-state index is 12.2. The van der Waals surface area contributed by atoms with Crippen LogP contribution in [-0.4, -0.2) is 19.8 Å². The van der Waals surface area contributed by atoms with Crippen LogP contribution in [0.1, 0.15) is 33.6 Å². The third kappa shape index (κ3) is 6.29. The number of halogens is 1. The Bertz CT molecular complexity index is 91.6. The largest absolute Gasteiger partial charge is 0.316 e. The number of rotatable bonds is 6. The minimum Gasteiger partial charge on any atom is -0.316 e. The zero-order valence-electron chi connectivity index (χ0n) is 7.91. The van der Waals surface area contributed by atoms with Gasteiger partial charge >= 0.3 is 0 Å². The second-order valence-electron chi connectivity index (χ2n) is 3.83. The molecule has 0 aromatic rings. The fourth-order valence-electron chi connectivity index (χ4n) is 0.776. The van der Waals surface area contributed by atoms with E-state index >= 15 is 0 Å². The van der Waals surface area contributed by atoms with Crippen molar-refractivity contribution in [3.05, 3.63) is 0 Å². The van der Waals surface area contributed by atoms with E-state index in [4.69, 9.17) is 0 Å². The zero-order valence-corrected chi connectivity index (χ0v) is 7.91. The van der Waals surface area contributed by atoms with Gasteiger partial charge in [0.15, 0.2) is 0 Å². The molecule has 0 aromatic heterocycles. The molecule has 1 nitrogen and oxygen atoms in total. The Kier molecular flexibility index (Phi) is 5.47. The molecule has 0 aromatic carbocycles. The standard InChI is InChI=1S/C9H20FN/c1-4-5-6-11-8-9(2,3)7-10/h11H,4-8H2,1-3H3. The van der Waals surface area contributed by atoms with E-state index < -0.39 is 0 Å². The van der Waals surface area contributed by atoms with Gasteiger partial charge in [-0.25, -0.2) is 0 Å². The van der Waals surface area contributed by atoms with Crippen molar-refractivity contribution in [1.82, 2.24) is 5.32 Å². The minimum atomic E-state index is -0.244. The van der Waals surface area contributed by atoms with Gasteiger partial charge in [-0.3, -0.25) is 4.39 Å². The van der Waals surface area contributed by atoms with Crippen LogP contribution < -0.4 is 5.32 Å². The Morgan fingerprint density at radius 2 is 2.00 bits per heavy atom. The van der Waals surface area contributed by atoms with Crippen molar-refractivity contribution in [2.24, 2.45) is 5.41 Å². The van der Waals surface area contributed by atoms with Gasteiger partial charge < -0.3 is 5.32 Å². The topological polar surface area (TPSA) is 12.0 Å². The van der Waals surface area contributed by atoms with Gasteiger partial charge in [-0.05, 0) is 13.0 Å². The van der Waals surface area contributed by atoms with Gasteiger partial charge in [0, 0.05) is 12.0 Å². The molecule has 0 saturated heterocycles. The van der Waals surface area contributed by atoms with Crippen LogP contribution in [0.15, 0.2) is 0 Å². The molecule has 0 rings (SSSR count). The lowest BCUT2D eigenvalue weighted by molar-refractivity contribution is 0.247. The number of hydrogen-bond acceptors (Lipinski definition) is 1. The van der Waals surface area contributed by atoms with Gasteiger partial charge in [-0.2, -0.15) is 0 Å². The third-order valence-electron chi connectivity index (χ3n) is 1.67. The summed E-state index contributed by atoms with van der Waals surface area (Å²) in [5.41, 5.74) is -0.187. The Hall–Kier alpha value is -0.110. The molecule has 68 valence electrons. The summed E-state index contributed by atoms with van der Waals surface area (Å²) in [5, 5.41) is 3.24. The molecule has 1 N–H and O–H groups in total. The van der Waals surface area contributed by atoms with Crippen molar-refractivity contribution in [2.75, 3.05) is 19.8 Å². The predicted octanol–water partition coefficient (Wildman–Crippen LogP) is 2.37. The van der Waals surface area contributed by atoms with Crippen LogP contribution in [0, 0.1) is 5.41 Å². The first-order chi connectivity index (χ1) is 5.12. The van der Waals surface area contributed by atoms with Crippen molar-refractivity contribution < 1.29 is 4.39 Å². The smallest absolute Gasteiger partial charge is 0.0957 e. The van der Waals surface area contributed by atoms with Crippen molar-refractivity contribution in [3.63, 3.8) is 0 Å². The average molecular weight is 161 g/mol. The van der Waals surface area contributed by atoms with E-state index in [0.717, 1.165) is 13.1 Å². The van der Waals surface area contributed by atoms with E-state index in [9.17, 15) is 4.39 Å². The maximum atomic E-state index is 12.2. The first-order valence-corrected chi connectivity index (χ1v) is 4.39. The van der Waals surface area contributed by atoms with Gasteiger partial charge in [0.25, 0.3) is 0 Å². The summed E-state index contributed by atoms with van der Waals surface area (Å²) in [7, 11) is 0. The number of alkyl halides is 1. The van der Waals surface area contributed by atoms with Crippen LogP contribution in [0.3, 0.4) is 0 Å². The molecule has 11 heavy (non-hydrogen) atoms. The molecule has 0 amide bonds. The van der Waals surface area contributed by atoms with Gasteiger partial charge in [0.1, 0.15) is 0 Å². The summed E-state index contributed by atoms with van der Waals surface area (Å²) in [6, 6.07) is 0. The zero-order chi connectivity index (χ0) is 8.74. The van der Waals surface area contributed by atoms with Crippen LogP contribution in [0.2, 0.25) is 0 Å². The van der Waals surface area contributed by atoms with Gasteiger partial charge in [-0.1, -0.05) is 27.2 Å². The molecule has 2 heteroatoms. The quantitative estimate of drug-likeness (QED) is 0.590. The van der Waals surface area contributed by atoms with Crippen molar-refractivity contribution in [1.29, 1.82) is 0 Å². The molecule has 0 fully saturated rings. The summed E-state index contributed by atoms with van der Waals surface area (Å²) in [5.74, 6) is 0. The molecule has 0 aliphatic rings. The molecule has 0 radical (unpaired) electrons. The molecule has 0 saturated carbocycles. The lowest BCUT2D eigenvalue weighted by atomic mass is 9.96. The molecule has 0 aliphatic carbocycles. The van der Waals surface area contributed by atoms with E-state index in [1.807, 2.05) is 13.8 Å². The van der Waals surface area contributed by atoms with Gasteiger partial charge in [-0.15, -0.1) is 0 Å². The fraction of sp³-hybridized carbons (Fsp3) is 1.00. The number of nitrogens with one attached hydrogen (secondary N) is 1. The second kappa shape index (κ2) is 5.53. The lowest BCUT2D eigenvalue weighted by Gasteiger charge is -2.20. The Morgan fingerprint density at radius 3 is 2.45 bits per heavy atom. The molecule has 0 atom stereocenters. The Balaban J connectivity index is 3.23. The number of hydrogen-bond donors (Lipinski definition) is 1. The summed E-state index contributed by atoms with van der Waals surface area (Å²) >= 11 is 0. The highest BCUT2D eigenvalue weighted by atomic mass is 19.1. The normalized spacial score (nSPS) is 12.0. The van der Waals surface area contributed by atoms with E-state index in [1.165, 1.54) is 12.8 Å². The molecular formula is C9H20FN. The molecule has 0 heterocycles. The Morgan fingerprint density at radius 1 is 1.36 bits per heavy atom. The summed E-state index contributed by atoms with van der Waals surface area (Å²) in [6.07, 6.45) is 2.38. The molecule has 0 spiro atoms. The summed E-state index contributed by atoms with van der Waals surface area (Å²) in [6.45, 7) is 7.58. The monoisotopic (exact) mass is 161 g/mol. The highest BCUT2D eigenvalue weighted by molar-refractivity contribution is 4.69. The molecular weight excluding hydrogens is 141 g/mol. The lowest BCUT2D eigenvalue weighted by Crippen LogP contribution is -2.31. The molecule has 0 unspecified atom stereocenters. The first kappa shape index (κ1) is 10.9. The average Bonchev–Trinajstić information content (AvgIpc) is 1.99. The fourth-order valence-corrected chi connectivity index (χ4v) is 0.776. The van der Waals surface area contributed by atoms with Crippen LogP contribution >= 0.6 is 0 Å². The van der Waals surface area contributed by atoms with Crippen LogP contribution in [0.5, 0.6) is 0 Å². The third-order valence-corrected chi connectivity index (χ3v) is 1.67. The summed E-state index contributed by atoms with van der Waals surface area (Å²) < 4.78 is 12.2. The molecule has 0 aliphatic heterocycles. The minimum absolute atomic E-state index is 0.187. The first-order valence-electron chi connectivity index (χ1n) is 4.39.